The summed E-state index contributed by atoms with van der Waals surface area (Å²) in [5.41, 5.74) is 2.47. The Morgan fingerprint density at radius 2 is 1.89 bits per heavy atom. The van der Waals surface area contributed by atoms with Crippen molar-refractivity contribution in [2.45, 2.75) is 26.4 Å². The van der Waals surface area contributed by atoms with E-state index in [0.29, 0.717) is 18.1 Å². The molecule has 0 bridgehead atoms. The van der Waals surface area contributed by atoms with Crippen LogP contribution in [-0.2, 0) is 6.54 Å². The second kappa shape index (κ2) is 11.0. The summed E-state index contributed by atoms with van der Waals surface area (Å²) in [5, 5.41) is 6.52. The van der Waals surface area contributed by atoms with Gasteiger partial charge in [-0.1, -0.05) is 12.1 Å². The Hall–Kier alpha value is -2.03. The third-order valence-electron chi connectivity index (χ3n) is 4.21. The Labute approximate surface area is 177 Å². The summed E-state index contributed by atoms with van der Waals surface area (Å²) < 4.78 is 24.4. The van der Waals surface area contributed by atoms with E-state index in [1.165, 1.54) is 0 Å². The monoisotopic (exact) mass is 487 g/mol. The van der Waals surface area contributed by atoms with Crippen molar-refractivity contribution in [3.8, 4) is 11.5 Å². The van der Waals surface area contributed by atoms with Gasteiger partial charge < -0.3 is 20.1 Å². The molecule has 0 amide bonds. The Bertz CT molecular complexity index is 784. The van der Waals surface area contributed by atoms with Crippen LogP contribution in [0.25, 0.3) is 0 Å². The van der Waals surface area contributed by atoms with Crippen molar-refractivity contribution in [3.05, 3.63) is 58.9 Å². The second-order valence-electron chi connectivity index (χ2n) is 5.98. The maximum atomic E-state index is 13.8. The van der Waals surface area contributed by atoms with Crippen LogP contribution in [0.15, 0.2) is 41.4 Å². The van der Waals surface area contributed by atoms with E-state index in [0.717, 1.165) is 22.6 Å². The minimum absolute atomic E-state index is 0. The van der Waals surface area contributed by atoms with Crippen molar-refractivity contribution in [1.82, 2.24) is 10.6 Å². The van der Waals surface area contributed by atoms with Gasteiger partial charge in [0.25, 0.3) is 0 Å². The molecule has 0 saturated carbocycles. The van der Waals surface area contributed by atoms with Crippen molar-refractivity contribution in [2.75, 3.05) is 21.3 Å². The molecule has 0 radical (unpaired) electrons. The van der Waals surface area contributed by atoms with Crippen LogP contribution in [0.3, 0.4) is 0 Å². The van der Waals surface area contributed by atoms with E-state index in [1.54, 1.807) is 40.3 Å². The molecule has 0 fully saturated rings. The van der Waals surface area contributed by atoms with Gasteiger partial charge in [0.05, 0.1) is 20.3 Å². The molecular weight excluding hydrogens is 460 g/mol. The average molecular weight is 487 g/mol. The summed E-state index contributed by atoms with van der Waals surface area (Å²) in [6, 6.07) is 10.8. The minimum atomic E-state index is -0.206. The van der Waals surface area contributed by atoms with Crippen molar-refractivity contribution in [2.24, 2.45) is 4.99 Å². The molecule has 148 valence electrons. The van der Waals surface area contributed by atoms with Crippen molar-refractivity contribution >= 4 is 29.9 Å². The summed E-state index contributed by atoms with van der Waals surface area (Å²) in [6.45, 7) is 4.24. The standard InChI is InChI=1S/C20H26FN3O2.HI/c1-13-6-7-15(10-18(13)21)14(2)24-20(22-3)23-12-16-8-9-17(25-4)11-19(16)26-5;/h6-11,14H,12H2,1-5H3,(H2,22,23,24);1H. The Balaban J connectivity index is 0.00000364. The lowest BCUT2D eigenvalue weighted by Crippen LogP contribution is -2.38. The van der Waals surface area contributed by atoms with Gasteiger partial charge >= 0.3 is 0 Å². The molecule has 0 aliphatic carbocycles. The lowest BCUT2D eigenvalue weighted by atomic mass is 10.1. The highest BCUT2D eigenvalue weighted by Crippen LogP contribution is 2.24. The zero-order valence-electron chi connectivity index (χ0n) is 16.3. The largest absolute Gasteiger partial charge is 0.497 e. The molecule has 1 atom stereocenters. The number of aryl methyl sites for hydroxylation is 1. The Morgan fingerprint density at radius 1 is 1.15 bits per heavy atom. The number of hydrogen-bond acceptors (Lipinski definition) is 3. The fourth-order valence-electron chi connectivity index (χ4n) is 2.54. The van der Waals surface area contributed by atoms with Crippen LogP contribution >= 0.6 is 24.0 Å². The molecule has 1 unspecified atom stereocenters. The van der Waals surface area contributed by atoms with Gasteiger partial charge in [0.15, 0.2) is 5.96 Å². The smallest absolute Gasteiger partial charge is 0.191 e. The topological polar surface area (TPSA) is 54.9 Å². The van der Waals surface area contributed by atoms with Crippen LogP contribution in [0.4, 0.5) is 4.39 Å². The van der Waals surface area contributed by atoms with E-state index < -0.39 is 0 Å². The third-order valence-corrected chi connectivity index (χ3v) is 4.21. The number of methoxy groups -OCH3 is 2. The zero-order valence-corrected chi connectivity index (χ0v) is 18.6. The van der Waals surface area contributed by atoms with Crippen LogP contribution in [-0.4, -0.2) is 27.2 Å². The van der Waals surface area contributed by atoms with Crippen LogP contribution in [0.1, 0.15) is 29.7 Å². The first-order valence-corrected chi connectivity index (χ1v) is 8.42. The average Bonchev–Trinajstić information content (AvgIpc) is 2.66. The number of guanidine groups is 1. The normalized spacial score (nSPS) is 12.0. The van der Waals surface area contributed by atoms with E-state index in [1.807, 2.05) is 31.2 Å². The van der Waals surface area contributed by atoms with Crippen LogP contribution < -0.4 is 20.1 Å². The van der Waals surface area contributed by atoms with Crippen molar-refractivity contribution in [1.29, 1.82) is 0 Å². The van der Waals surface area contributed by atoms with E-state index in [-0.39, 0.29) is 35.8 Å². The molecule has 2 N–H and O–H groups in total. The molecule has 2 aromatic carbocycles. The first kappa shape index (κ1) is 23.0. The molecule has 7 heteroatoms. The highest BCUT2D eigenvalue weighted by Gasteiger charge is 2.11. The molecule has 0 aromatic heterocycles. The molecule has 2 rings (SSSR count). The maximum absolute atomic E-state index is 13.8. The predicted molar refractivity (Wildman–Crippen MR) is 118 cm³/mol. The molecular formula is C20H27FIN3O2. The molecule has 0 aliphatic rings. The van der Waals surface area contributed by atoms with E-state index in [2.05, 4.69) is 15.6 Å². The van der Waals surface area contributed by atoms with Gasteiger partial charge in [-0.2, -0.15) is 0 Å². The maximum Gasteiger partial charge on any atom is 0.191 e. The number of aliphatic imine (C=N–C) groups is 1. The fraction of sp³-hybridized carbons (Fsp3) is 0.350. The molecule has 2 aromatic rings. The summed E-state index contributed by atoms with van der Waals surface area (Å²) in [7, 11) is 4.94. The highest BCUT2D eigenvalue weighted by molar-refractivity contribution is 14.0. The summed E-state index contributed by atoms with van der Waals surface area (Å²) in [4.78, 5) is 4.23. The van der Waals surface area contributed by atoms with E-state index >= 15 is 0 Å². The van der Waals surface area contributed by atoms with Gasteiger partial charge in [-0.05, 0) is 43.2 Å². The van der Waals surface area contributed by atoms with Gasteiger partial charge in [-0.15, -0.1) is 24.0 Å². The van der Waals surface area contributed by atoms with Crippen molar-refractivity contribution in [3.63, 3.8) is 0 Å². The molecule has 0 aliphatic heterocycles. The summed E-state index contributed by atoms with van der Waals surface area (Å²) in [6.07, 6.45) is 0. The molecule has 27 heavy (non-hydrogen) atoms. The van der Waals surface area contributed by atoms with Crippen LogP contribution in [0.2, 0.25) is 0 Å². The van der Waals surface area contributed by atoms with E-state index in [4.69, 9.17) is 9.47 Å². The fourth-order valence-corrected chi connectivity index (χ4v) is 2.54. The molecule has 5 nitrogen and oxygen atoms in total. The van der Waals surface area contributed by atoms with Gasteiger partial charge in [0, 0.05) is 25.2 Å². The molecule has 0 spiro atoms. The molecule has 0 saturated heterocycles. The third kappa shape index (κ3) is 6.27. The summed E-state index contributed by atoms with van der Waals surface area (Å²) >= 11 is 0. The van der Waals surface area contributed by atoms with Gasteiger partial charge in [0.2, 0.25) is 0 Å². The number of ether oxygens (including phenoxy) is 2. The first-order chi connectivity index (χ1) is 12.5. The lowest BCUT2D eigenvalue weighted by Gasteiger charge is -2.19. The van der Waals surface area contributed by atoms with E-state index in [9.17, 15) is 4.39 Å². The zero-order chi connectivity index (χ0) is 19.1. The SMILES string of the molecule is CN=C(NCc1ccc(OC)cc1OC)NC(C)c1ccc(C)c(F)c1.I. The number of halogens is 2. The number of rotatable bonds is 6. The minimum Gasteiger partial charge on any atom is -0.497 e. The quantitative estimate of drug-likeness (QED) is 0.365. The molecule has 0 heterocycles. The van der Waals surface area contributed by atoms with Gasteiger partial charge in [-0.3, -0.25) is 4.99 Å². The predicted octanol–water partition coefficient (Wildman–Crippen LogP) is 4.20. The summed E-state index contributed by atoms with van der Waals surface area (Å²) in [5.74, 6) is 1.89. The van der Waals surface area contributed by atoms with Crippen LogP contribution in [0, 0.1) is 12.7 Å². The van der Waals surface area contributed by atoms with Gasteiger partial charge in [0.1, 0.15) is 17.3 Å². The lowest BCUT2D eigenvalue weighted by molar-refractivity contribution is 0.390. The van der Waals surface area contributed by atoms with Gasteiger partial charge in [-0.25, -0.2) is 4.39 Å². The number of benzene rings is 2. The van der Waals surface area contributed by atoms with Crippen LogP contribution in [0.5, 0.6) is 11.5 Å². The Morgan fingerprint density at radius 3 is 2.48 bits per heavy atom. The Kier molecular flexibility index (Phi) is 9.34. The number of nitrogens with one attached hydrogen (secondary N) is 2. The number of hydrogen-bond donors (Lipinski definition) is 2. The first-order valence-electron chi connectivity index (χ1n) is 8.42. The van der Waals surface area contributed by atoms with Crippen molar-refractivity contribution < 1.29 is 13.9 Å². The highest BCUT2D eigenvalue weighted by atomic mass is 127. The number of nitrogens with zero attached hydrogens (tertiary/aromatic N) is 1. The second-order valence-corrected chi connectivity index (χ2v) is 5.98.